The predicted octanol–water partition coefficient (Wildman–Crippen LogP) is 3.75. The molecule has 2 atom stereocenters. The van der Waals surface area contributed by atoms with Gasteiger partial charge in [0, 0.05) is 18.0 Å². The molecule has 0 saturated heterocycles. The molecule has 3 nitrogen and oxygen atoms in total. The van der Waals surface area contributed by atoms with Crippen molar-refractivity contribution < 1.29 is 0 Å². The van der Waals surface area contributed by atoms with Gasteiger partial charge >= 0.3 is 0 Å². The lowest BCUT2D eigenvalue weighted by molar-refractivity contribution is 0.430. The van der Waals surface area contributed by atoms with Gasteiger partial charge in [-0.3, -0.25) is 4.68 Å². The first kappa shape index (κ1) is 13.9. The molecule has 1 aromatic heterocycles. The minimum Gasteiger partial charge on any atom is -0.313 e. The Morgan fingerprint density at radius 1 is 1.50 bits per heavy atom. The van der Waals surface area contributed by atoms with Crippen molar-refractivity contribution in [1.29, 1.82) is 0 Å². The Bertz CT molecular complexity index is 386. The van der Waals surface area contributed by atoms with Crippen molar-refractivity contribution in [3.8, 4) is 0 Å². The van der Waals surface area contributed by atoms with Crippen molar-refractivity contribution in [1.82, 2.24) is 15.1 Å². The van der Waals surface area contributed by atoms with E-state index in [4.69, 9.17) is 11.6 Å². The molecule has 1 N–H and O–H groups in total. The van der Waals surface area contributed by atoms with Crippen LogP contribution in [-0.4, -0.2) is 22.4 Å². The fourth-order valence-corrected chi connectivity index (χ4v) is 3.24. The Morgan fingerprint density at radius 2 is 2.28 bits per heavy atom. The van der Waals surface area contributed by atoms with Crippen LogP contribution in [0.25, 0.3) is 0 Å². The van der Waals surface area contributed by atoms with Crippen molar-refractivity contribution >= 4 is 11.6 Å². The molecule has 102 valence electrons. The fraction of sp³-hybridized carbons (Fsp3) is 0.786. The molecule has 4 heteroatoms. The lowest BCUT2D eigenvalue weighted by atomic mass is 9.99. The van der Waals surface area contributed by atoms with Crippen molar-refractivity contribution in [2.24, 2.45) is 0 Å². The van der Waals surface area contributed by atoms with Crippen LogP contribution in [0.5, 0.6) is 0 Å². The average molecular weight is 270 g/mol. The van der Waals surface area contributed by atoms with Crippen molar-refractivity contribution in [2.75, 3.05) is 6.54 Å². The van der Waals surface area contributed by atoms with Gasteiger partial charge in [0.1, 0.15) is 0 Å². The highest BCUT2D eigenvalue weighted by molar-refractivity contribution is 6.31. The second-order valence-corrected chi connectivity index (χ2v) is 5.92. The molecule has 0 aromatic carbocycles. The molecule has 0 aliphatic heterocycles. The summed E-state index contributed by atoms with van der Waals surface area (Å²) in [4.78, 5) is 0. The maximum absolute atomic E-state index is 6.36. The summed E-state index contributed by atoms with van der Waals surface area (Å²) >= 11 is 6.36. The Morgan fingerprint density at radius 3 is 2.94 bits per heavy atom. The Labute approximate surface area is 115 Å². The summed E-state index contributed by atoms with van der Waals surface area (Å²) in [6, 6.07) is 0.941. The fourth-order valence-electron chi connectivity index (χ4n) is 2.97. The molecule has 2 unspecified atom stereocenters. The minimum absolute atomic E-state index is 0.375. The van der Waals surface area contributed by atoms with Crippen LogP contribution in [-0.2, 0) is 0 Å². The lowest BCUT2D eigenvalue weighted by Crippen LogP contribution is -2.33. The van der Waals surface area contributed by atoms with Crippen LogP contribution in [0.1, 0.15) is 64.1 Å². The summed E-state index contributed by atoms with van der Waals surface area (Å²) in [6.07, 6.45) is 6.74. The van der Waals surface area contributed by atoms with Crippen molar-refractivity contribution in [2.45, 2.75) is 64.5 Å². The molecular weight excluding hydrogens is 246 g/mol. The van der Waals surface area contributed by atoms with Gasteiger partial charge in [-0.1, -0.05) is 24.9 Å². The zero-order valence-corrected chi connectivity index (χ0v) is 12.4. The van der Waals surface area contributed by atoms with Gasteiger partial charge < -0.3 is 5.32 Å². The molecule has 1 aromatic rings. The van der Waals surface area contributed by atoms with Gasteiger partial charge in [-0.05, 0) is 39.7 Å². The topological polar surface area (TPSA) is 29.9 Å². The standard InChI is InChI=1S/C14H24ClN3/c1-4-8-16-13-7-5-6-11(13)14-12(15)9-17-18(14)10(2)3/h9-11,13,16H,4-8H2,1-3H3. The van der Waals surface area contributed by atoms with Crippen molar-refractivity contribution in [3.05, 3.63) is 16.9 Å². The van der Waals surface area contributed by atoms with E-state index >= 15 is 0 Å². The van der Waals surface area contributed by atoms with Crippen molar-refractivity contribution in [3.63, 3.8) is 0 Å². The quantitative estimate of drug-likeness (QED) is 0.882. The lowest BCUT2D eigenvalue weighted by Gasteiger charge is -2.23. The van der Waals surface area contributed by atoms with E-state index in [9.17, 15) is 0 Å². The molecule has 2 rings (SSSR count). The van der Waals surface area contributed by atoms with Gasteiger partial charge in [0.05, 0.1) is 16.9 Å². The third kappa shape index (κ3) is 2.72. The molecule has 0 bridgehead atoms. The number of nitrogens with zero attached hydrogens (tertiary/aromatic N) is 2. The highest BCUT2D eigenvalue weighted by Gasteiger charge is 2.32. The Hall–Kier alpha value is -0.540. The second-order valence-electron chi connectivity index (χ2n) is 5.51. The molecule has 1 aliphatic carbocycles. The van der Waals surface area contributed by atoms with Gasteiger partial charge in [-0.2, -0.15) is 5.10 Å². The summed E-state index contributed by atoms with van der Waals surface area (Å²) in [5, 5.41) is 8.93. The summed E-state index contributed by atoms with van der Waals surface area (Å²) in [5.74, 6) is 0.522. The van der Waals surface area contributed by atoms with Crippen LogP contribution in [0.15, 0.2) is 6.20 Å². The van der Waals surface area contributed by atoms with Gasteiger partial charge in [0.25, 0.3) is 0 Å². The first-order valence-corrected chi connectivity index (χ1v) is 7.49. The highest BCUT2D eigenvalue weighted by atomic mass is 35.5. The third-order valence-corrected chi connectivity index (χ3v) is 4.09. The largest absolute Gasteiger partial charge is 0.313 e. The minimum atomic E-state index is 0.375. The molecule has 18 heavy (non-hydrogen) atoms. The SMILES string of the molecule is CCCNC1CCCC1c1c(Cl)cnn1C(C)C. The number of halogens is 1. The number of hydrogen-bond acceptors (Lipinski definition) is 2. The molecule has 1 fully saturated rings. The zero-order valence-electron chi connectivity index (χ0n) is 11.6. The van der Waals surface area contributed by atoms with E-state index in [1.807, 2.05) is 0 Å². The van der Waals surface area contributed by atoms with E-state index < -0.39 is 0 Å². The van der Waals surface area contributed by atoms with Crippen LogP contribution in [0.3, 0.4) is 0 Å². The summed E-state index contributed by atoms with van der Waals surface area (Å²) in [6.45, 7) is 7.63. The average Bonchev–Trinajstić information content (AvgIpc) is 2.92. The normalized spacial score (nSPS) is 24.1. The zero-order chi connectivity index (χ0) is 13.1. The monoisotopic (exact) mass is 269 g/mol. The molecule has 1 aliphatic rings. The molecular formula is C14H24ClN3. The van der Waals surface area contributed by atoms with Gasteiger partial charge in [0.2, 0.25) is 0 Å². The molecule has 0 radical (unpaired) electrons. The second kappa shape index (κ2) is 6.07. The molecule has 1 heterocycles. The summed E-state index contributed by atoms with van der Waals surface area (Å²) in [7, 11) is 0. The first-order chi connectivity index (χ1) is 8.65. The molecule has 0 spiro atoms. The number of hydrogen-bond donors (Lipinski definition) is 1. The van der Waals surface area contributed by atoms with E-state index in [1.54, 1.807) is 6.20 Å². The molecule has 0 amide bonds. The molecule has 1 saturated carbocycles. The van der Waals surface area contributed by atoms with Crippen LogP contribution in [0.4, 0.5) is 0 Å². The Kier molecular flexibility index (Phi) is 4.68. The van der Waals surface area contributed by atoms with E-state index in [1.165, 1.54) is 31.4 Å². The van der Waals surface area contributed by atoms with E-state index in [-0.39, 0.29) is 0 Å². The van der Waals surface area contributed by atoms with Gasteiger partial charge in [0.15, 0.2) is 0 Å². The summed E-state index contributed by atoms with van der Waals surface area (Å²) in [5.41, 5.74) is 1.23. The van der Waals surface area contributed by atoms with E-state index in [0.717, 1.165) is 11.6 Å². The van der Waals surface area contributed by atoms with Crippen LogP contribution < -0.4 is 5.32 Å². The summed E-state index contributed by atoms with van der Waals surface area (Å²) < 4.78 is 2.10. The van der Waals surface area contributed by atoms with E-state index in [2.05, 4.69) is 35.9 Å². The van der Waals surface area contributed by atoms with Gasteiger partial charge in [-0.25, -0.2) is 0 Å². The van der Waals surface area contributed by atoms with Crippen LogP contribution in [0.2, 0.25) is 5.02 Å². The highest BCUT2D eigenvalue weighted by Crippen LogP contribution is 2.38. The van der Waals surface area contributed by atoms with Gasteiger partial charge in [-0.15, -0.1) is 0 Å². The Balaban J connectivity index is 2.21. The van der Waals surface area contributed by atoms with E-state index in [0.29, 0.717) is 18.0 Å². The van der Waals surface area contributed by atoms with Crippen LogP contribution in [0, 0.1) is 0 Å². The maximum atomic E-state index is 6.36. The number of nitrogens with one attached hydrogen (secondary N) is 1. The first-order valence-electron chi connectivity index (χ1n) is 7.11. The van der Waals surface area contributed by atoms with Crippen LogP contribution >= 0.6 is 11.6 Å². The third-order valence-electron chi connectivity index (χ3n) is 3.80. The number of aromatic nitrogens is 2. The smallest absolute Gasteiger partial charge is 0.0821 e. The maximum Gasteiger partial charge on any atom is 0.0821 e. The number of rotatable bonds is 5. The predicted molar refractivity (Wildman–Crippen MR) is 76.3 cm³/mol.